The molecule has 0 aromatic carbocycles. The molecule has 0 spiro atoms. The maximum atomic E-state index is 12.5. The Labute approximate surface area is 131 Å². The summed E-state index contributed by atoms with van der Waals surface area (Å²) >= 11 is 1.43. The number of rotatable bonds is 4. The fraction of sp³-hybridized carbons (Fsp3) is 0.286. The summed E-state index contributed by atoms with van der Waals surface area (Å²) < 4.78 is 8.46. The molecule has 7 nitrogen and oxygen atoms in total. The minimum Gasteiger partial charge on any atom is -0.481 e. The first-order chi connectivity index (χ1) is 10.7. The van der Waals surface area contributed by atoms with Gasteiger partial charge < -0.3 is 4.74 Å². The highest BCUT2D eigenvalue weighted by molar-refractivity contribution is 7.98. The van der Waals surface area contributed by atoms with E-state index in [1.165, 1.54) is 11.8 Å². The largest absolute Gasteiger partial charge is 0.481 e. The van der Waals surface area contributed by atoms with E-state index in [0.717, 1.165) is 0 Å². The molecule has 0 unspecified atom stereocenters. The highest BCUT2D eigenvalue weighted by Gasteiger charge is 2.17. The van der Waals surface area contributed by atoms with Gasteiger partial charge in [-0.25, -0.2) is 19.3 Å². The molecule has 0 radical (unpaired) electrons. The van der Waals surface area contributed by atoms with Crippen molar-refractivity contribution in [2.24, 2.45) is 0 Å². The van der Waals surface area contributed by atoms with Crippen molar-refractivity contribution in [3.63, 3.8) is 0 Å². The highest BCUT2D eigenvalue weighted by Crippen LogP contribution is 2.18. The molecule has 0 aliphatic heterocycles. The van der Waals surface area contributed by atoms with Gasteiger partial charge in [0.05, 0.1) is 7.11 Å². The zero-order valence-corrected chi connectivity index (χ0v) is 13.3. The van der Waals surface area contributed by atoms with Gasteiger partial charge in [-0.1, -0.05) is 17.8 Å². The first-order valence-corrected chi connectivity index (χ1v) is 7.96. The lowest BCUT2D eigenvalue weighted by molar-refractivity contribution is 0.396. The third-order valence-corrected chi connectivity index (χ3v) is 3.83. The topological polar surface area (TPSA) is 74.8 Å². The molecule has 0 atom stereocenters. The van der Waals surface area contributed by atoms with E-state index in [9.17, 15) is 4.79 Å². The van der Waals surface area contributed by atoms with Gasteiger partial charge in [0, 0.05) is 18.8 Å². The third kappa shape index (κ3) is 2.25. The van der Waals surface area contributed by atoms with Gasteiger partial charge in [0.15, 0.2) is 16.6 Å². The van der Waals surface area contributed by atoms with Crippen molar-refractivity contribution < 1.29 is 4.74 Å². The molecule has 0 aliphatic rings. The summed E-state index contributed by atoms with van der Waals surface area (Å²) in [5.74, 6) is 1.06. The van der Waals surface area contributed by atoms with Crippen LogP contribution in [-0.2, 0) is 6.54 Å². The summed E-state index contributed by atoms with van der Waals surface area (Å²) in [4.78, 5) is 25.6. The lowest BCUT2D eigenvalue weighted by Crippen LogP contribution is -2.21. The number of methoxy groups -OCH3 is 1. The first kappa shape index (κ1) is 14.6. The molecule has 8 heteroatoms. The fourth-order valence-corrected chi connectivity index (χ4v) is 2.60. The predicted molar refractivity (Wildman–Crippen MR) is 84.9 cm³/mol. The predicted octanol–water partition coefficient (Wildman–Crippen LogP) is 1.73. The molecule has 0 amide bonds. The van der Waals surface area contributed by atoms with Gasteiger partial charge in [-0.05, 0) is 19.2 Å². The molecule has 0 saturated carbocycles. The molecule has 0 N–H and O–H groups in total. The van der Waals surface area contributed by atoms with Crippen LogP contribution in [-0.4, -0.2) is 37.7 Å². The van der Waals surface area contributed by atoms with Gasteiger partial charge in [0.25, 0.3) is 5.56 Å². The minimum atomic E-state index is -0.130. The average Bonchev–Trinajstić information content (AvgIpc) is 2.86. The molecule has 0 aliphatic carbocycles. The van der Waals surface area contributed by atoms with Crippen LogP contribution in [0.25, 0.3) is 16.9 Å². The lowest BCUT2D eigenvalue weighted by Gasteiger charge is -2.10. The van der Waals surface area contributed by atoms with Crippen LogP contribution in [0.1, 0.15) is 6.92 Å². The zero-order valence-electron chi connectivity index (χ0n) is 12.5. The molecule has 0 fully saturated rings. The summed E-state index contributed by atoms with van der Waals surface area (Å²) in [7, 11) is 1.56. The number of hydrogen-bond acceptors (Lipinski definition) is 6. The molecular weight excluding hydrogens is 302 g/mol. The first-order valence-electron chi connectivity index (χ1n) is 6.73. The second kappa shape index (κ2) is 5.80. The van der Waals surface area contributed by atoms with Crippen molar-refractivity contribution in [2.75, 3.05) is 13.4 Å². The second-order valence-corrected chi connectivity index (χ2v) is 5.24. The van der Waals surface area contributed by atoms with E-state index in [0.29, 0.717) is 34.4 Å². The quantitative estimate of drug-likeness (QED) is 0.539. The van der Waals surface area contributed by atoms with Crippen LogP contribution in [0.2, 0.25) is 0 Å². The number of thioether (sulfide) groups is 1. The molecule has 0 bridgehead atoms. The van der Waals surface area contributed by atoms with E-state index in [4.69, 9.17) is 4.74 Å². The lowest BCUT2D eigenvalue weighted by atomic mass is 10.4. The van der Waals surface area contributed by atoms with E-state index in [1.54, 1.807) is 28.7 Å². The second-order valence-electron chi connectivity index (χ2n) is 4.46. The Kier molecular flexibility index (Phi) is 3.84. The van der Waals surface area contributed by atoms with Gasteiger partial charge in [-0.15, -0.1) is 0 Å². The maximum absolute atomic E-state index is 12.5. The van der Waals surface area contributed by atoms with Crippen molar-refractivity contribution in [2.45, 2.75) is 18.6 Å². The van der Waals surface area contributed by atoms with Crippen LogP contribution >= 0.6 is 11.8 Å². The number of nitrogens with zero attached hydrogens (tertiary/aromatic N) is 5. The standard InChI is InChI=1S/C14H15N5O2S/c1-4-18-13(20)9-8-15-14(22-3)17-12(9)19(18)10-6-5-7-11(16-10)21-2/h5-8H,4H2,1-3H3. The van der Waals surface area contributed by atoms with Crippen molar-refractivity contribution in [1.29, 1.82) is 0 Å². The minimum absolute atomic E-state index is 0.130. The Balaban J connectivity index is 2.37. The summed E-state index contributed by atoms with van der Waals surface area (Å²) in [5, 5.41) is 1.08. The van der Waals surface area contributed by atoms with Crippen LogP contribution < -0.4 is 10.3 Å². The smallest absolute Gasteiger partial charge is 0.278 e. The fourth-order valence-electron chi connectivity index (χ4n) is 2.26. The molecule has 3 aromatic rings. The Morgan fingerprint density at radius 2 is 2.14 bits per heavy atom. The molecule has 3 heterocycles. The SMILES string of the molecule is CCn1c(=O)c2cnc(SC)nc2n1-c1cccc(OC)n1. The third-order valence-electron chi connectivity index (χ3n) is 3.27. The Bertz CT molecular complexity index is 887. The van der Waals surface area contributed by atoms with E-state index in [-0.39, 0.29) is 5.56 Å². The molecular formula is C14H15N5O2S. The zero-order chi connectivity index (χ0) is 15.7. The summed E-state index contributed by atoms with van der Waals surface area (Å²) in [5.41, 5.74) is 0.418. The Morgan fingerprint density at radius 1 is 1.32 bits per heavy atom. The number of hydrogen-bond donors (Lipinski definition) is 0. The summed E-state index contributed by atoms with van der Waals surface area (Å²) in [6.07, 6.45) is 3.46. The van der Waals surface area contributed by atoms with Crippen LogP contribution in [0.5, 0.6) is 5.88 Å². The van der Waals surface area contributed by atoms with Gasteiger partial charge in [-0.3, -0.25) is 4.79 Å². The maximum Gasteiger partial charge on any atom is 0.278 e. The van der Waals surface area contributed by atoms with Gasteiger partial charge in [-0.2, -0.15) is 4.98 Å². The van der Waals surface area contributed by atoms with Crippen molar-refractivity contribution >= 4 is 22.8 Å². The van der Waals surface area contributed by atoms with Crippen molar-refractivity contribution in [3.05, 3.63) is 34.7 Å². The normalized spacial score (nSPS) is 11.0. The van der Waals surface area contributed by atoms with E-state index in [1.807, 2.05) is 25.3 Å². The number of ether oxygens (including phenoxy) is 1. The monoisotopic (exact) mass is 317 g/mol. The molecule has 3 aromatic heterocycles. The Morgan fingerprint density at radius 3 is 2.82 bits per heavy atom. The van der Waals surface area contributed by atoms with Gasteiger partial charge >= 0.3 is 0 Å². The summed E-state index contributed by atoms with van der Waals surface area (Å²) in [6.45, 7) is 2.41. The Hall–Kier alpha value is -2.35. The van der Waals surface area contributed by atoms with Crippen LogP contribution in [0.15, 0.2) is 34.3 Å². The average molecular weight is 317 g/mol. The van der Waals surface area contributed by atoms with Crippen molar-refractivity contribution in [3.8, 4) is 11.7 Å². The van der Waals surface area contributed by atoms with E-state index >= 15 is 0 Å². The van der Waals surface area contributed by atoms with Gasteiger partial charge in [0.1, 0.15) is 5.39 Å². The van der Waals surface area contributed by atoms with Crippen molar-refractivity contribution in [1.82, 2.24) is 24.3 Å². The number of pyridine rings is 1. The van der Waals surface area contributed by atoms with Gasteiger partial charge in [0.2, 0.25) is 5.88 Å². The van der Waals surface area contributed by atoms with Crippen LogP contribution in [0.4, 0.5) is 0 Å². The molecule has 3 rings (SSSR count). The molecule has 22 heavy (non-hydrogen) atoms. The highest BCUT2D eigenvalue weighted by atomic mass is 32.2. The molecule has 114 valence electrons. The van der Waals surface area contributed by atoms with E-state index in [2.05, 4.69) is 15.0 Å². The van der Waals surface area contributed by atoms with Crippen LogP contribution in [0.3, 0.4) is 0 Å². The van der Waals surface area contributed by atoms with E-state index < -0.39 is 0 Å². The summed E-state index contributed by atoms with van der Waals surface area (Å²) in [6, 6.07) is 5.40. The number of fused-ring (bicyclic) bond motifs is 1. The van der Waals surface area contributed by atoms with Crippen LogP contribution in [0, 0.1) is 0 Å². The molecule has 0 saturated heterocycles. The number of aromatic nitrogens is 5.